The summed E-state index contributed by atoms with van der Waals surface area (Å²) < 4.78 is 23.8. The van der Waals surface area contributed by atoms with E-state index in [2.05, 4.69) is 0 Å². The van der Waals surface area contributed by atoms with Crippen LogP contribution in [0.5, 0.6) is 11.5 Å². The summed E-state index contributed by atoms with van der Waals surface area (Å²) in [5, 5.41) is 0. The standard InChI is InChI=1S/C10H13FO2S/c1-4-13-8-5-7(12-2)6-9(14-3)10(8)11/h5-6H,4H2,1-3H3. The number of hydrogen-bond acceptors (Lipinski definition) is 3. The lowest BCUT2D eigenvalue weighted by Gasteiger charge is -2.09. The first-order chi connectivity index (χ1) is 6.72. The highest BCUT2D eigenvalue weighted by atomic mass is 32.2. The fourth-order valence-corrected chi connectivity index (χ4v) is 1.59. The third-order valence-electron chi connectivity index (χ3n) is 1.73. The van der Waals surface area contributed by atoms with Crippen molar-refractivity contribution in [1.82, 2.24) is 0 Å². The summed E-state index contributed by atoms with van der Waals surface area (Å²) in [4.78, 5) is 0.535. The molecule has 0 spiro atoms. The van der Waals surface area contributed by atoms with Crippen LogP contribution in [0.2, 0.25) is 0 Å². The molecular weight excluding hydrogens is 203 g/mol. The quantitative estimate of drug-likeness (QED) is 0.721. The summed E-state index contributed by atoms with van der Waals surface area (Å²) in [5.41, 5.74) is 0. The molecule has 0 aliphatic carbocycles. The van der Waals surface area contributed by atoms with Crippen LogP contribution in [-0.4, -0.2) is 20.0 Å². The predicted octanol–water partition coefficient (Wildman–Crippen LogP) is 2.95. The maximum absolute atomic E-state index is 13.6. The minimum atomic E-state index is -0.319. The highest BCUT2D eigenvalue weighted by molar-refractivity contribution is 7.98. The molecule has 4 heteroatoms. The molecule has 0 aliphatic heterocycles. The second-order valence-electron chi connectivity index (χ2n) is 2.57. The summed E-state index contributed by atoms with van der Waals surface area (Å²) in [7, 11) is 1.55. The van der Waals surface area contributed by atoms with Gasteiger partial charge >= 0.3 is 0 Å². The number of methoxy groups -OCH3 is 1. The van der Waals surface area contributed by atoms with Gasteiger partial charge in [0.15, 0.2) is 11.6 Å². The van der Waals surface area contributed by atoms with Crippen molar-refractivity contribution in [2.24, 2.45) is 0 Å². The van der Waals surface area contributed by atoms with Gasteiger partial charge in [-0.1, -0.05) is 0 Å². The van der Waals surface area contributed by atoms with Crippen LogP contribution in [0.3, 0.4) is 0 Å². The first-order valence-electron chi connectivity index (χ1n) is 4.27. The number of benzene rings is 1. The first-order valence-corrected chi connectivity index (χ1v) is 5.49. The third kappa shape index (κ3) is 2.32. The lowest BCUT2D eigenvalue weighted by Crippen LogP contribution is -1.97. The highest BCUT2D eigenvalue weighted by Crippen LogP contribution is 2.32. The Morgan fingerprint density at radius 3 is 2.64 bits per heavy atom. The van der Waals surface area contributed by atoms with Gasteiger partial charge in [-0.05, 0) is 19.2 Å². The van der Waals surface area contributed by atoms with Crippen LogP contribution in [0, 0.1) is 5.82 Å². The van der Waals surface area contributed by atoms with Crippen molar-refractivity contribution in [2.75, 3.05) is 20.0 Å². The zero-order valence-electron chi connectivity index (χ0n) is 8.46. The van der Waals surface area contributed by atoms with Gasteiger partial charge in [-0.15, -0.1) is 11.8 Å². The van der Waals surface area contributed by atoms with Gasteiger partial charge in [0, 0.05) is 6.07 Å². The van der Waals surface area contributed by atoms with Crippen LogP contribution < -0.4 is 9.47 Å². The van der Waals surface area contributed by atoms with Crippen molar-refractivity contribution < 1.29 is 13.9 Å². The maximum atomic E-state index is 13.6. The van der Waals surface area contributed by atoms with E-state index in [0.29, 0.717) is 17.3 Å². The molecule has 78 valence electrons. The Balaban J connectivity index is 3.12. The van der Waals surface area contributed by atoms with E-state index in [1.54, 1.807) is 19.2 Å². The fourth-order valence-electron chi connectivity index (χ4n) is 1.08. The topological polar surface area (TPSA) is 18.5 Å². The SMILES string of the molecule is CCOc1cc(OC)cc(SC)c1F. The molecule has 0 unspecified atom stereocenters. The molecule has 0 aromatic heterocycles. The Bertz CT molecular complexity index is 315. The van der Waals surface area contributed by atoms with E-state index < -0.39 is 0 Å². The van der Waals surface area contributed by atoms with Gasteiger partial charge in [0.25, 0.3) is 0 Å². The lowest BCUT2D eigenvalue weighted by atomic mass is 10.3. The molecule has 0 bridgehead atoms. The minimum Gasteiger partial charge on any atom is -0.497 e. The molecule has 0 radical (unpaired) electrons. The molecule has 1 aromatic carbocycles. The van der Waals surface area contributed by atoms with E-state index in [1.165, 1.54) is 11.8 Å². The maximum Gasteiger partial charge on any atom is 0.178 e. The second kappa shape index (κ2) is 5.10. The summed E-state index contributed by atoms with van der Waals surface area (Å²) in [6, 6.07) is 3.21. The second-order valence-corrected chi connectivity index (χ2v) is 3.42. The third-order valence-corrected chi connectivity index (χ3v) is 2.47. The Morgan fingerprint density at radius 1 is 1.43 bits per heavy atom. The number of rotatable bonds is 4. The summed E-state index contributed by atoms with van der Waals surface area (Å²) >= 11 is 1.33. The Hall–Kier alpha value is -0.900. The van der Waals surface area contributed by atoms with E-state index in [9.17, 15) is 4.39 Å². The number of halogens is 1. The molecule has 1 rings (SSSR count). The van der Waals surface area contributed by atoms with E-state index >= 15 is 0 Å². The molecule has 0 saturated heterocycles. The highest BCUT2D eigenvalue weighted by Gasteiger charge is 2.11. The minimum absolute atomic E-state index is 0.246. The monoisotopic (exact) mass is 216 g/mol. The Kier molecular flexibility index (Phi) is 4.07. The fraction of sp³-hybridized carbons (Fsp3) is 0.400. The zero-order valence-corrected chi connectivity index (χ0v) is 9.28. The normalized spacial score (nSPS) is 10.0. The van der Waals surface area contributed by atoms with Crippen LogP contribution in [0.15, 0.2) is 17.0 Å². The van der Waals surface area contributed by atoms with Crippen molar-refractivity contribution in [2.45, 2.75) is 11.8 Å². The largest absolute Gasteiger partial charge is 0.497 e. The molecular formula is C10H13FO2S. The molecule has 0 atom stereocenters. The first kappa shape index (κ1) is 11.2. The molecule has 2 nitrogen and oxygen atoms in total. The summed E-state index contributed by atoms with van der Waals surface area (Å²) in [5.74, 6) is 0.538. The van der Waals surface area contributed by atoms with Crippen LogP contribution >= 0.6 is 11.8 Å². The number of thioether (sulfide) groups is 1. The van der Waals surface area contributed by atoms with Gasteiger partial charge in [0.1, 0.15) is 5.75 Å². The van der Waals surface area contributed by atoms with E-state index in [-0.39, 0.29) is 11.6 Å². The van der Waals surface area contributed by atoms with E-state index in [0.717, 1.165) is 0 Å². The van der Waals surface area contributed by atoms with Gasteiger partial charge in [-0.25, -0.2) is 4.39 Å². The predicted molar refractivity (Wildman–Crippen MR) is 55.9 cm³/mol. The van der Waals surface area contributed by atoms with Crippen molar-refractivity contribution in [3.05, 3.63) is 17.9 Å². The Morgan fingerprint density at radius 2 is 2.14 bits per heavy atom. The molecule has 1 aromatic rings. The zero-order chi connectivity index (χ0) is 10.6. The molecule has 0 amide bonds. The number of hydrogen-bond donors (Lipinski definition) is 0. The van der Waals surface area contributed by atoms with Gasteiger partial charge in [-0.2, -0.15) is 0 Å². The molecule has 0 heterocycles. The number of ether oxygens (including phenoxy) is 2. The lowest BCUT2D eigenvalue weighted by molar-refractivity contribution is 0.314. The van der Waals surface area contributed by atoms with Crippen LogP contribution in [0.1, 0.15) is 6.92 Å². The van der Waals surface area contributed by atoms with E-state index in [1.807, 2.05) is 13.2 Å². The van der Waals surface area contributed by atoms with Crippen molar-refractivity contribution >= 4 is 11.8 Å². The Labute approximate surface area is 87.4 Å². The molecule has 0 aliphatic rings. The van der Waals surface area contributed by atoms with Gasteiger partial charge < -0.3 is 9.47 Å². The van der Waals surface area contributed by atoms with Gasteiger partial charge in [0.05, 0.1) is 18.6 Å². The molecule has 0 saturated carbocycles. The average Bonchev–Trinajstić information content (AvgIpc) is 2.21. The molecule has 14 heavy (non-hydrogen) atoms. The van der Waals surface area contributed by atoms with Crippen LogP contribution in [0.25, 0.3) is 0 Å². The molecule has 0 N–H and O–H groups in total. The van der Waals surface area contributed by atoms with Crippen LogP contribution in [-0.2, 0) is 0 Å². The van der Waals surface area contributed by atoms with Crippen LogP contribution in [0.4, 0.5) is 4.39 Å². The smallest absolute Gasteiger partial charge is 0.178 e. The van der Waals surface area contributed by atoms with Gasteiger partial charge in [0.2, 0.25) is 0 Å². The molecule has 0 fully saturated rings. The average molecular weight is 216 g/mol. The summed E-state index contributed by atoms with van der Waals surface area (Å²) in [6.45, 7) is 2.26. The van der Waals surface area contributed by atoms with Crippen molar-refractivity contribution in [1.29, 1.82) is 0 Å². The van der Waals surface area contributed by atoms with Crippen molar-refractivity contribution in [3.8, 4) is 11.5 Å². The van der Waals surface area contributed by atoms with E-state index in [4.69, 9.17) is 9.47 Å². The summed E-state index contributed by atoms with van der Waals surface area (Å²) in [6.07, 6.45) is 1.81. The van der Waals surface area contributed by atoms with Gasteiger partial charge in [-0.3, -0.25) is 0 Å². The van der Waals surface area contributed by atoms with Crippen molar-refractivity contribution in [3.63, 3.8) is 0 Å².